The van der Waals surface area contributed by atoms with E-state index in [4.69, 9.17) is 15.9 Å². The molecule has 0 aromatic carbocycles. The first-order valence-corrected chi connectivity index (χ1v) is 5.95. The summed E-state index contributed by atoms with van der Waals surface area (Å²) < 4.78 is 0. The van der Waals surface area contributed by atoms with Crippen LogP contribution >= 0.6 is 0 Å². The monoisotopic (exact) mass is 281 g/mol. The zero-order valence-electron chi connectivity index (χ0n) is 10.9. The molecule has 0 aliphatic rings. The summed E-state index contributed by atoms with van der Waals surface area (Å²) in [5, 5.41) is 55.7. The second kappa shape index (κ2) is 7.85. The van der Waals surface area contributed by atoms with Crippen LogP contribution in [0.15, 0.2) is 0 Å². The SMILES string of the molecule is CC(C)[C@H](N)C(O)C(O)C(=O)[C@@H](O)[C@H](O)[C@H](O)CO. The van der Waals surface area contributed by atoms with Crippen molar-refractivity contribution in [2.45, 2.75) is 50.4 Å². The molecule has 0 heterocycles. The van der Waals surface area contributed by atoms with Crippen molar-refractivity contribution >= 4 is 5.78 Å². The van der Waals surface area contributed by atoms with Crippen LogP contribution in [-0.4, -0.2) is 79.6 Å². The molecule has 0 aliphatic heterocycles. The van der Waals surface area contributed by atoms with E-state index in [1.165, 1.54) is 0 Å². The summed E-state index contributed by atoms with van der Waals surface area (Å²) in [6, 6.07) is -0.897. The third-order valence-corrected chi connectivity index (χ3v) is 2.98. The molecule has 0 saturated carbocycles. The lowest BCUT2D eigenvalue weighted by Crippen LogP contribution is -2.54. The molecule has 8 heteroatoms. The number of aliphatic hydroxyl groups is 6. The number of rotatable bonds is 8. The normalized spacial score (nSPS) is 21.6. The lowest BCUT2D eigenvalue weighted by atomic mass is 9.91. The first kappa shape index (κ1) is 18.4. The largest absolute Gasteiger partial charge is 0.394 e. The van der Waals surface area contributed by atoms with Crippen LogP contribution in [0.3, 0.4) is 0 Å². The molecule has 114 valence electrons. The van der Waals surface area contributed by atoms with Gasteiger partial charge < -0.3 is 36.4 Å². The van der Waals surface area contributed by atoms with Crippen LogP contribution in [0.25, 0.3) is 0 Å². The third kappa shape index (κ3) is 4.77. The molecule has 0 spiro atoms. The van der Waals surface area contributed by atoms with E-state index < -0.39 is 49.0 Å². The number of hydrogen-bond acceptors (Lipinski definition) is 8. The van der Waals surface area contributed by atoms with Crippen LogP contribution < -0.4 is 5.73 Å². The molecule has 0 fully saturated rings. The van der Waals surface area contributed by atoms with Gasteiger partial charge in [0, 0.05) is 6.04 Å². The first-order valence-electron chi connectivity index (χ1n) is 5.95. The number of nitrogens with two attached hydrogens (primary N) is 1. The average molecular weight is 281 g/mol. The van der Waals surface area contributed by atoms with Crippen LogP contribution in [0.2, 0.25) is 0 Å². The number of Topliss-reactive ketones (excluding diaryl/α,β-unsaturated/α-hetero) is 1. The minimum Gasteiger partial charge on any atom is -0.394 e. The average Bonchev–Trinajstić information content (AvgIpc) is 2.40. The van der Waals surface area contributed by atoms with E-state index in [2.05, 4.69) is 0 Å². The summed E-state index contributed by atoms with van der Waals surface area (Å²) in [6.07, 6.45) is -9.43. The molecule has 0 aromatic heterocycles. The third-order valence-electron chi connectivity index (χ3n) is 2.98. The summed E-state index contributed by atoms with van der Waals surface area (Å²) in [6.45, 7) is 2.48. The molecule has 0 bridgehead atoms. The van der Waals surface area contributed by atoms with Crippen molar-refractivity contribution in [3.63, 3.8) is 0 Å². The first-order chi connectivity index (χ1) is 8.64. The standard InChI is InChI=1S/C11H23NO7/c1-4(2)6(12)8(16)10(18)11(19)9(17)7(15)5(14)3-13/h4-10,13-18H,3,12H2,1-2H3/t5-,6+,7-,8?,9+,10?/m1/s1. The smallest absolute Gasteiger partial charge is 0.195 e. The molecule has 0 amide bonds. The topological polar surface area (TPSA) is 164 Å². The van der Waals surface area contributed by atoms with Crippen molar-refractivity contribution in [2.75, 3.05) is 6.61 Å². The zero-order valence-corrected chi connectivity index (χ0v) is 10.9. The summed E-state index contributed by atoms with van der Waals surface area (Å²) in [4.78, 5) is 11.6. The molecule has 0 saturated heterocycles. The Morgan fingerprint density at radius 3 is 1.79 bits per heavy atom. The van der Waals surface area contributed by atoms with Gasteiger partial charge in [0.05, 0.1) is 6.61 Å². The lowest BCUT2D eigenvalue weighted by Gasteiger charge is -2.28. The van der Waals surface area contributed by atoms with Gasteiger partial charge in [0.15, 0.2) is 5.78 Å². The van der Waals surface area contributed by atoms with Crippen molar-refractivity contribution in [1.29, 1.82) is 0 Å². The van der Waals surface area contributed by atoms with Gasteiger partial charge in [-0.15, -0.1) is 0 Å². The summed E-state index contributed by atoms with van der Waals surface area (Å²) in [7, 11) is 0. The molecular weight excluding hydrogens is 258 g/mol. The van der Waals surface area contributed by atoms with Crippen LogP contribution in [0.5, 0.6) is 0 Å². The van der Waals surface area contributed by atoms with Gasteiger partial charge in [-0.2, -0.15) is 0 Å². The Kier molecular flexibility index (Phi) is 7.60. The maximum Gasteiger partial charge on any atom is 0.195 e. The van der Waals surface area contributed by atoms with Crippen molar-refractivity contribution in [3.8, 4) is 0 Å². The molecule has 2 unspecified atom stereocenters. The zero-order chi connectivity index (χ0) is 15.3. The van der Waals surface area contributed by atoms with E-state index >= 15 is 0 Å². The molecule has 6 atom stereocenters. The molecule has 19 heavy (non-hydrogen) atoms. The van der Waals surface area contributed by atoms with Crippen molar-refractivity contribution in [3.05, 3.63) is 0 Å². The second-order valence-electron chi connectivity index (χ2n) is 4.84. The van der Waals surface area contributed by atoms with Gasteiger partial charge in [0.1, 0.15) is 30.5 Å². The van der Waals surface area contributed by atoms with Crippen LogP contribution in [0, 0.1) is 5.92 Å². The molecule has 8 N–H and O–H groups in total. The maximum atomic E-state index is 11.6. The highest BCUT2D eigenvalue weighted by Crippen LogP contribution is 2.12. The molecule has 0 radical (unpaired) electrons. The highest BCUT2D eigenvalue weighted by atomic mass is 16.4. The number of hydrogen-bond donors (Lipinski definition) is 7. The number of carbonyl (C=O) groups excluding carboxylic acids is 1. The molecule has 0 aliphatic carbocycles. The maximum absolute atomic E-state index is 11.6. The summed E-state index contributed by atoms with van der Waals surface area (Å²) in [5.74, 6) is -1.49. The van der Waals surface area contributed by atoms with Crippen molar-refractivity contribution < 1.29 is 35.4 Å². The van der Waals surface area contributed by atoms with E-state index in [0.29, 0.717) is 0 Å². The van der Waals surface area contributed by atoms with E-state index in [-0.39, 0.29) is 5.92 Å². The van der Waals surface area contributed by atoms with E-state index in [1.807, 2.05) is 0 Å². The molecule has 0 aromatic rings. The van der Waals surface area contributed by atoms with Crippen LogP contribution in [-0.2, 0) is 4.79 Å². The van der Waals surface area contributed by atoms with Crippen molar-refractivity contribution in [1.82, 2.24) is 0 Å². The van der Waals surface area contributed by atoms with Gasteiger partial charge in [-0.05, 0) is 5.92 Å². The summed E-state index contributed by atoms with van der Waals surface area (Å²) >= 11 is 0. The van der Waals surface area contributed by atoms with E-state index in [1.54, 1.807) is 13.8 Å². The number of aliphatic hydroxyl groups excluding tert-OH is 6. The Balaban J connectivity index is 4.72. The summed E-state index contributed by atoms with van der Waals surface area (Å²) in [5.41, 5.74) is 5.57. The fourth-order valence-corrected chi connectivity index (χ4v) is 1.43. The number of ketones is 1. The van der Waals surface area contributed by atoms with E-state index in [0.717, 1.165) is 0 Å². The van der Waals surface area contributed by atoms with Crippen LogP contribution in [0.1, 0.15) is 13.8 Å². The highest BCUT2D eigenvalue weighted by molar-refractivity contribution is 5.88. The predicted octanol–water partition coefficient (Wildman–Crippen LogP) is -3.66. The fraction of sp³-hybridized carbons (Fsp3) is 0.909. The van der Waals surface area contributed by atoms with E-state index in [9.17, 15) is 25.2 Å². The Labute approximate surface area is 111 Å². The van der Waals surface area contributed by atoms with Crippen molar-refractivity contribution in [2.24, 2.45) is 11.7 Å². The Bertz CT molecular complexity index is 286. The van der Waals surface area contributed by atoms with Gasteiger partial charge in [-0.25, -0.2) is 0 Å². The quantitative estimate of drug-likeness (QED) is 0.239. The lowest BCUT2D eigenvalue weighted by molar-refractivity contribution is -0.154. The molecule has 0 rings (SSSR count). The Morgan fingerprint density at radius 2 is 1.42 bits per heavy atom. The van der Waals surface area contributed by atoms with Crippen LogP contribution in [0.4, 0.5) is 0 Å². The predicted molar refractivity (Wildman–Crippen MR) is 64.9 cm³/mol. The fourth-order valence-electron chi connectivity index (χ4n) is 1.43. The highest BCUT2D eigenvalue weighted by Gasteiger charge is 2.38. The van der Waals surface area contributed by atoms with Gasteiger partial charge in [-0.1, -0.05) is 13.8 Å². The van der Waals surface area contributed by atoms with Gasteiger partial charge in [0.25, 0.3) is 0 Å². The number of carbonyl (C=O) groups is 1. The molecule has 8 nitrogen and oxygen atoms in total. The minimum absolute atomic E-state index is 0.220. The Morgan fingerprint density at radius 1 is 1.00 bits per heavy atom. The van der Waals surface area contributed by atoms with Gasteiger partial charge in [-0.3, -0.25) is 4.79 Å². The Hall–Kier alpha value is -0.610. The van der Waals surface area contributed by atoms with Gasteiger partial charge in [0.2, 0.25) is 0 Å². The minimum atomic E-state index is -2.13. The molecular formula is C11H23NO7. The second-order valence-corrected chi connectivity index (χ2v) is 4.84. The van der Waals surface area contributed by atoms with Gasteiger partial charge >= 0.3 is 0 Å².